The number of nitrogens with one attached hydrogen (secondary N) is 2. The minimum Gasteiger partial charge on any atom is -0.355 e. The lowest BCUT2D eigenvalue weighted by Crippen LogP contribution is -2.41. The Bertz CT molecular complexity index is 360. The van der Waals surface area contributed by atoms with Gasteiger partial charge in [-0.1, -0.05) is 12.8 Å². The number of rotatable bonds is 5. The van der Waals surface area contributed by atoms with Crippen LogP contribution in [0.25, 0.3) is 0 Å². The van der Waals surface area contributed by atoms with Crippen LogP contribution < -0.4 is 5.32 Å². The van der Waals surface area contributed by atoms with Crippen molar-refractivity contribution in [2.75, 3.05) is 12.3 Å². The maximum absolute atomic E-state index is 12.2. The van der Waals surface area contributed by atoms with E-state index in [1.165, 1.54) is 0 Å². The van der Waals surface area contributed by atoms with Gasteiger partial charge >= 0.3 is 0 Å². The number of carbonyl (C=O) groups excluding carboxylic acids is 1. The van der Waals surface area contributed by atoms with Crippen LogP contribution in [0.5, 0.6) is 0 Å². The minimum absolute atomic E-state index is 0.145. The predicted molar refractivity (Wildman–Crippen MR) is 67.9 cm³/mol. The van der Waals surface area contributed by atoms with E-state index in [4.69, 9.17) is 0 Å². The maximum atomic E-state index is 12.2. The van der Waals surface area contributed by atoms with E-state index < -0.39 is 0 Å². The molecule has 0 spiro atoms. The second-order valence-corrected chi connectivity index (χ2v) is 5.05. The molecule has 1 fully saturated rings. The zero-order chi connectivity index (χ0) is 12.1. The van der Waals surface area contributed by atoms with Gasteiger partial charge in [0.2, 0.25) is 5.91 Å². The normalized spacial score (nSPS) is 18.2. The highest BCUT2D eigenvalue weighted by molar-refractivity contribution is 7.80. The smallest absolute Gasteiger partial charge is 0.226 e. The van der Waals surface area contributed by atoms with Crippen molar-refractivity contribution in [2.45, 2.75) is 32.1 Å². The van der Waals surface area contributed by atoms with Crippen molar-refractivity contribution in [1.82, 2.24) is 20.7 Å². The van der Waals surface area contributed by atoms with E-state index in [1.807, 2.05) is 0 Å². The highest BCUT2D eigenvalue weighted by atomic mass is 32.1. The Hall–Kier alpha value is -1.04. The summed E-state index contributed by atoms with van der Waals surface area (Å²) >= 11 is 4.11. The third kappa shape index (κ3) is 2.80. The Morgan fingerprint density at radius 2 is 2.29 bits per heavy atom. The van der Waals surface area contributed by atoms with Crippen molar-refractivity contribution in [3.8, 4) is 0 Å². The van der Waals surface area contributed by atoms with Gasteiger partial charge < -0.3 is 5.32 Å². The lowest BCUT2D eigenvalue weighted by atomic mass is 9.80. The lowest BCUT2D eigenvalue weighted by molar-refractivity contribution is -0.130. The van der Waals surface area contributed by atoms with E-state index in [9.17, 15) is 4.79 Å². The van der Waals surface area contributed by atoms with Gasteiger partial charge in [0.1, 0.15) is 0 Å². The van der Waals surface area contributed by atoms with Crippen LogP contribution in [0.2, 0.25) is 0 Å². The Labute approximate surface area is 106 Å². The molecular formula is C11H18N4OS. The van der Waals surface area contributed by atoms with Gasteiger partial charge in [0.25, 0.3) is 0 Å². The third-order valence-corrected chi connectivity index (χ3v) is 3.65. The Morgan fingerprint density at radius 3 is 2.88 bits per heavy atom. The largest absolute Gasteiger partial charge is 0.355 e. The van der Waals surface area contributed by atoms with Crippen LogP contribution in [0.4, 0.5) is 0 Å². The molecule has 0 aromatic carbocycles. The van der Waals surface area contributed by atoms with Crippen LogP contribution in [0.3, 0.4) is 0 Å². The Balaban J connectivity index is 2.06. The summed E-state index contributed by atoms with van der Waals surface area (Å²) in [6.45, 7) is 0.627. The molecular weight excluding hydrogens is 236 g/mol. The van der Waals surface area contributed by atoms with Crippen molar-refractivity contribution in [2.24, 2.45) is 5.41 Å². The van der Waals surface area contributed by atoms with Gasteiger partial charge in [-0.3, -0.25) is 4.79 Å². The van der Waals surface area contributed by atoms with E-state index in [0.717, 1.165) is 31.4 Å². The van der Waals surface area contributed by atoms with Crippen LogP contribution in [0.1, 0.15) is 31.4 Å². The molecule has 1 amide bonds. The molecule has 1 aliphatic rings. The van der Waals surface area contributed by atoms with Gasteiger partial charge in [0.05, 0.1) is 17.3 Å². The number of thiol groups is 1. The number of hydrogen-bond donors (Lipinski definition) is 3. The number of aromatic amines is 1. The Morgan fingerprint density at radius 1 is 1.53 bits per heavy atom. The fraction of sp³-hybridized carbons (Fsp3) is 0.727. The molecule has 1 aromatic heterocycles. The lowest BCUT2D eigenvalue weighted by Gasteiger charge is -2.26. The monoisotopic (exact) mass is 254 g/mol. The van der Waals surface area contributed by atoms with Crippen molar-refractivity contribution in [1.29, 1.82) is 0 Å². The fourth-order valence-electron chi connectivity index (χ4n) is 2.55. The summed E-state index contributed by atoms with van der Waals surface area (Å²) in [5, 5.41) is 13.4. The average Bonchev–Trinajstić information content (AvgIpc) is 2.98. The number of aromatic nitrogens is 3. The second-order valence-electron chi connectivity index (χ2n) is 4.61. The molecule has 0 unspecified atom stereocenters. The van der Waals surface area contributed by atoms with Crippen molar-refractivity contribution < 1.29 is 4.79 Å². The molecule has 2 rings (SSSR count). The number of carbonyl (C=O) groups is 1. The van der Waals surface area contributed by atoms with Gasteiger partial charge in [0.15, 0.2) is 0 Å². The standard InChI is InChI=1S/C11H18N4OS/c16-10(12-5-6-17)11(3-1-2-4-11)7-9-8-13-15-14-9/h8,17H,1-7H2,(H,12,16)(H,13,14,15). The summed E-state index contributed by atoms with van der Waals surface area (Å²) in [5.74, 6) is 0.818. The molecule has 5 nitrogen and oxygen atoms in total. The summed E-state index contributed by atoms with van der Waals surface area (Å²) in [6, 6.07) is 0. The Kier molecular flexibility index (Phi) is 4.04. The summed E-state index contributed by atoms with van der Waals surface area (Å²) in [5.41, 5.74) is 0.590. The maximum Gasteiger partial charge on any atom is 0.226 e. The fourth-order valence-corrected chi connectivity index (χ4v) is 2.66. The van der Waals surface area contributed by atoms with E-state index in [-0.39, 0.29) is 11.3 Å². The van der Waals surface area contributed by atoms with Crippen LogP contribution in [0.15, 0.2) is 6.20 Å². The molecule has 0 saturated heterocycles. The number of nitrogens with zero attached hydrogens (tertiary/aromatic N) is 2. The number of H-pyrrole nitrogens is 1. The highest BCUT2D eigenvalue weighted by Gasteiger charge is 2.41. The summed E-state index contributed by atoms with van der Waals surface area (Å²) < 4.78 is 0. The first-order chi connectivity index (χ1) is 8.27. The van der Waals surface area contributed by atoms with Crippen LogP contribution >= 0.6 is 12.6 Å². The quantitative estimate of drug-likeness (QED) is 0.685. The molecule has 0 atom stereocenters. The van der Waals surface area contributed by atoms with Gasteiger partial charge in [-0.15, -0.1) is 0 Å². The number of hydrogen-bond acceptors (Lipinski definition) is 4. The van der Waals surface area contributed by atoms with E-state index >= 15 is 0 Å². The molecule has 1 aliphatic carbocycles. The van der Waals surface area contributed by atoms with Crippen LogP contribution in [-0.2, 0) is 11.2 Å². The predicted octanol–water partition coefficient (Wildman–Crippen LogP) is 0.954. The first-order valence-corrected chi connectivity index (χ1v) is 6.64. The van der Waals surface area contributed by atoms with Crippen molar-refractivity contribution in [3.05, 3.63) is 11.9 Å². The molecule has 1 saturated carbocycles. The zero-order valence-electron chi connectivity index (χ0n) is 9.78. The number of amides is 1. The molecule has 1 aromatic rings. The molecule has 6 heteroatoms. The van der Waals surface area contributed by atoms with Gasteiger partial charge in [0, 0.05) is 18.7 Å². The van der Waals surface area contributed by atoms with Gasteiger partial charge in [-0.2, -0.15) is 28.0 Å². The summed E-state index contributed by atoms with van der Waals surface area (Å²) in [6.07, 6.45) is 6.50. The first kappa shape index (κ1) is 12.4. The summed E-state index contributed by atoms with van der Waals surface area (Å²) in [7, 11) is 0. The minimum atomic E-state index is -0.278. The van der Waals surface area contributed by atoms with Crippen molar-refractivity contribution in [3.63, 3.8) is 0 Å². The molecule has 2 N–H and O–H groups in total. The second kappa shape index (κ2) is 5.53. The van der Waals surface area contributed by atoms with E-state index in [1.54, 1.807) is 6.20 Å². The van der Waals surface area contributed by atoms with Crippen molar-refractivity contribution >= 4 is 18.5 Å². The van der Waals surface area contributed by atoms with Crippen LogP contribution in [0, 0.1) is 5.41 Å². The first-order valence-electron chi connectivity index (χ1n) is 6.01. The molecule has 0 radical (unpaired) electrons. The summed E-state index contributed by atoms with van der Waals surface area (Å²) in [4.78, 5) is 12.2. The highest BCUT2D eigenvalue weighted by Crippen LogP contribution is 2.40. The molecule has 0 bridgehead atoms. The molecule has 17 heavy (non-hydrogen) atoms. The third-order valence-electron chi connectivity index (χ3n) is 3.42. The van der Waals surface area contributed by atoms with E-state index in [2.05, 4.69) is 33.4 Å². The molecule has 1 heterocycles. The molecule has 94 valence electrons. The van der Waals surface area contributed by atoms with E-state index in [0.29, 0.717) is 18.7 Å². The van der Waals surface area contributed by atoms with Gasteiger partial charge in [-0.05, 0) is 12.8 Å². The van der Waals surface area contributed by atoms with Crippen LogP contribution in [-0.4, -0.2) is 33.6 Å². The average molecular weight is 254 g/mol. The SMILES string of the molecule is O=C(NCCS)C1(Cc2cn[nH]n2)CCCC1. The topological polar surface area (TPSA) is 70.7 Å². The molecule has 0 aliphatic heterocycles. The zero-order valence-corrected chi connectivity index (χ0v) is 10.7. The van der Waals surface area contributed by atoms with Gasteiger partial charge in [-0.25, -0.2) is 0 Å².